The summed E-state index contributed by atoms with van der Waals surface area (Å²) in [7, 11) is 0. The molecule has 2 aromatic rings. The van der Waals surface area contributed by atoms with Crippen molar-refractivity contribution >= 4 is 0 Å². The van der Waals surface area contributed by atoms with Crippen LogP contribution in [0, 0.1) is 25.7 Å². The molecule has 1 aromatic carbocycles. The fourth-order valence-corrected chi connectivity index (χ4v) is 2.05. The van der Waals surface area contributed by atoms with Crippen LogP contribution >= 0.6 is 0 Å². The number of benzene rings is 1. The number of aromatic nitrogens is 2. The van der Waals surface area contributed by atoms with Crippen molar-refractivity contribution in [1.29, 1.82) is 0 Å². The molecule has 0 aliphatic heterocycles. The predicted octanol–water partition coefficient (Wildman–Crippen LogP) is 1.22. The summed E-state index contributed by atoms with van der Waals surface area (Å²) in [5.41, 5.74) is 8.71. The first kappa shape index (κ1) is 14.0. The number of nitrogens with two attached hydrogens (primary N) is 1. The van der Waals surface area contributed by atoms with Crippen LogP contribution in [0.15, 0.2) is 35.1 Å². The van der Waals surface area contributed by atoms with Gasteiger partial charge in [0.1, 0.15) is 0 Å². The SMILES string of the molecule is Cc1cc(C)n(Cc2cccc(C#CCN)c2)c(=O)n1. The normalized spacial score (nSPS) is 9.95. The van der Waals surface area contributed by atoms with E-state index in [2.05, 4.69) is 16.8 Å². The standard InChI is InChI=1S/C16H17N3O/c1-12-9-13(2)19(16(20)18-12)11-15-6-3-5-14(10-15)7-4-8-17/h3,5-6,9-10H,8,11,17H2,1-2H3. The van der Waals surface area contributed by atoms with Gasteiger partial charge in [-0.15, -0.1) is 0 Å². The summed E-state index contributed by atoms with van der Waals surface area (Å²) < 4.78 is 1.66. The Morgan fingerprint density at radius 2 is 2.10 bits per heavy atom. The highest BCUT2D eigenvalue weighted by Gasteiger charge is 2.04. The molecule has 2 rings (SSSR count). The summed E-state index contributed by atoms with van der Waals surface area (Å²) in [5.74, 6) is 5.81. The molecule has 1 aromatic heterocycles. The maximum absolute atomic E-state index is 11.9. The van der Waals surface area contributed by atoms with E-state index in [0.29, 0.717) is 13.1 Å². The minimum atomic E-state index is -0.221. The summed E-state index contributed by atoms with van der Waals surface area (Å²) >= 11 is 0. The average Bonchev–Trinajstić information content (AvgIpc) is 2.41. The molecular formula is C16H17N3O. The van der Waals surface area contributed by atoms with Crippen molar-refractivity contribution in [2.75, 3.05) is 6.54 Å². The first-order valence-corrected chi connectivity index (χ1v) is 6.43. The third kappa shape index (κ3) is 3.34. The van der Waals surface area contributed by atoms with Crippen LogP contribution in [0.4, 0.5) is 0 Å². The molecule has 0 atom stereocenters. The molecule has 4 heteroatoms. The molecule has 4 nitrogen and oxygen atoms in total. The predicted molar refractivity (Wildman–Crippen MR) is 79.4 cm³/mol. The van der Waals surface area contributed by atoms with Gasteiger partial charge in [0.15, 0.2) is 0 Å². The van der Waals surface area contributed by atoms with Gasteiger partial charge in [0.05, 0.1) is 13.1 Å². The first-order valence-electron chi connectivity index (χ1n) is 6.43. The van der Waals surface area contributed by atoms with Crippen LogP contribution in [0.25, 0.3) is 0 Å². The Balaban J connectivity index is 2.33. The highest BCUT2D eigenvalue weighted by atomic mass is 16.1. The van der Waals surface area contributed by atoms with E-state index in [9.17, 15) is 4.79 Å². The zero-order chi connectivity index (χ0) is 14.5. The summed E-state index contributed by atoms with van der Waals surface area (Å²) in [4.78, 5) is 15.9. The topological polar surface area (TPSA) is 60.9 Å². The molecule has 0 radical (unpaired) electrons. The average molecular weight is 267 g/mol. The minimum Gasteiger partial charge on any atom is -0.320 e. The number of aryl methyl sites for hydroxylation is 2. The molecule has 2 N–H and O–H groups in total. The zero-order valence-corrected chi connectivity index (χ0v) is 11.7. The quantitative estimate of drug-likeness (QED) is 0.832. The third-order valence-electron chi connectivity index (χ3n) is 2.95. The minimum absolute atomic E-state index is 0.221. The smallest absolute Gasteiger partial charge is 0.320 e. The maximum Gasteiger partial charge on any atom is 0.348 e. The molecular weight excluding hydrogens is 250 g/mol. The van der Waals surface area contributed by atoms with E-state index in [4.69, 9.17) is 5.73 Å². The summed E-state index contributed by atoms with van der Waals surface area (Å²) in [6.07, 6.45) is 0. The molecule has 0 spiro atoms. The Kier molecular flexibility index (Phi) is 4.34. The van der Waals surface area contributed by atoms with Gasteiger partial charge in [-0.05, 0) is 37.6 Å². The third-order valence-corrected chi connectivity index (χ3v) is 2.95. The van der Waals surface area contributed by atoms with E-state index in [1.807, 2.05) is 44.2 Å². The molecule has 0 unspecified atom stereocenters. The van der Waals surface area contributed by atoms with Crippen molar-refractivity contribution in [2.45, 2.75) is 20.4 Å². The number of nitrogens with zero attached hydrogens (tertiary/aromatic N) is 2. The van der Waals surface area contributed by atoms with Gasteiger partial charge in [0.25, 0.3) is 0 Å². The highest BCUT2D eigenvalue weighted by molar-refractivity contribution is 5.37. The summed E-state index contributed by atoms with van der Waals surface area (Å²) in [6, 6.07) is 9.69. The van der Waals surface area contributed by atoms with Gasteiger partial charge >= 0.3 is 5.69 Å². The lowest BCUT2D eigenvalue weighted by molar-refractivity contribution is 0.694. The van der Waals surface area contributed by atoms with Crippen LogP contribution in [0.2, 0.25) is 0 Å². The van der Waals surface area contributed by atoms with Crippen molar-refractivity contribution in [3.05, 3.63) is 63.3 Å². The first-order chi connectivity index (χ1) is 9.60. The van der Waals surface area contributed by atoms with E-state index >= 15 is 0 Å². The zero-order valence-electron chi connectivity index (χ0n) is 11.7. The van der Waals surface area contributed by atoms with Crippen molar-refractivity contribution < 1.29 is 0 Å². The number of hydrogen-bond donors (Lipinski definition) is 1. The monoisotopic (exact) mass is 267 g/mol. The number of hydrogen-bond acceptors (Lipinski definition) is 3. The van der Waals surface area contributed by atoms with E-state index in [0.717, 1.165) is 22.5 Å². The van der Waals surface area contributed by atoms with Gasteiger partial charge < -0.3 is 5.73 Å². The molecule has 102 valence electrons. The molecule has 0 saturated carbocycles. The van der Waals surface area contributed by atoms with Crippen LogP contribution < -0.4 is 11.4 Å². The van der Waals surface area contributed by atoms with Crippen molar-refractivity contribution in [1.82, 2.24) is 9.55 Å². The lowest BCUT2D eigenvalue weighted by Crippen LogP contribution is -2.26. The van der Waals surface area contributed by atoms with Crippen molar-refractivity contribution in [3.8, 4) is 11.8 Å². The molecule has 1 heterocycles. The molecule has 0 fully saturated rings. The molecule has 0 amide bonds. The summed E-state index contributed by atoms with van der Waals surface area (Å²) in [6.45, 7) is 4.57. The van der Waals surface area contributed by atoms with Crippen molar-refractivity contribution in [2.24, 2.45) is 5.73 Å². The fourth-order valence-electron chi connectivity index (χ4n) is 2.05. The Bertz CT molecular complexity index is 735. The highest BCUT2D eigenvalue weighted by Crippen LogP contribution is 2.07. The van der Waals surface area contributed by atoms with Crippen LogP contribution in [0.3, 0.4) is 0 Å². The second-order valence-corrected chi connectivity index (χ2v) is 4.61. The largest absolute Gasteiger partial charge is 0.348 e. The fraction of sp³-hybridized carbons (Fsp3) is 0.250. The van der Waals surface area contributed by atoms with Gasteiger partial charge in [-0.25, -0.2) is 4.79 Å². The molecule has 0 bridgehead atoms. The van der Waals surface area contributed by atoms with E-state index < -0.39 is 0 Å². The molecule has 20 heavy (non-hydrogen) atoms. The van der Waals surface area contributed by atoms with Gasteiger partial charge in [0, 0.05) is 17.0 Å². The second-order valence-electron chi connectivity index (χ2n) is 4.61. The van der Waals surface area contributed by atoms with Crippen molar-refractivity contribution in [3.63, 3.8) is 0 Å². The van der Waals surface area contributed by atoms with Crippen LogP contribution in [0.5, 0.6) is 0 Å². The Labute approximate surface area is 118 Å². The molecule has 0 aliphatic rings. The van der Waals surface area contributed by atoms with Crippen LogP contribution in [0.1, 0.15) is 22.5 Å². The Morgan fingerprint density at radius 1 is 1.30 bits per heavy atom. The van der Waals surface area contributed by atoms with Crippen LogP contribution in [-0.2, 0) is 6.54 Å². The molecule has 0 saturated heterocycles. The molecule has 0 aliphatic carbocycles. The van der Waals surface area contributed by atoms with E-state index in [1.54, 1.807) is 4.57 Å². The second kappa shape index (κ2) is 6.18. The van der Waals surface area contributed by atoms with Gasteiger partial charge in [-0.2, -0.15) is 4.98 Å². The maximum atomic E-state index is 11.9. The van der Waals surface area contributed by atoms with E-state index in [-0.39, 0.29) is 5.69 Å². The Morgan fingerprint density at radius 3 is 2.80 bits per heavy atom. The van der Waals surface area contributed by atoms with Crippen LogP contribution in [-0.4, -0.2) is 16.1 Å². The number of rotatable bonds is 2. The van der Waals surface area contributed by atoms with Gasteiger partial charge in [-0.1, -0.05) is 24.0 Å². The lowest BCUT2D eigenvalue weighted by atomic mass is 10.1. The van der Waals surface area contributed by atoms with E-state index in [1.165, 1.54) is 0 Å². The lowest BCUT2D eigenvalue weighted by Gasteiger charge is -2.10. The Hall–Kier alpha value is -2.38. The van der Waals surface area contributed by atoms with Gasteiger partial charge in [-0.3, -0.25) is 4.57 Å². The summed E-state index contributed by atoms with van der Waals surface area (Å²) in [5, 5.41) is 0. The van der Waals surface area contributed by atoms with Gasteiger partial charge in [0.2, 0.25) is 0 Å².